The number of β-lactam (4-membered cyclic amide) rings is 1. The van der Waals surface area contributed by atoms with E-state index in [0.717, 1.165) is 60.6 Å². The molecule has 2 aliphatic heterocycles. The topological polar surface area (TPSA) is 146 Å². The minimum Gasteiger partial charge on any atom is -0.481 e. The molecule has 3 N–H and O–H groups in total. The molecule has 2 aliphatic rings. The molecule has 3 aromatic carbocycles. The summed E-state index contributed by atoms with van der Waals surface area (Å²) in [4.78, 5) is 54.6. The van der Waals surface area contributed by atoms with Gasteiger partial charge in [0.2, 0.25) is 5.91 Å². The van der Waals surface area contributed by atoms with Crippen LogP contribution in [0.2, 0.25) is 0 Å². The Labute approximate surface area is 285 Å². The minimum atomic E-state index is -1.44. The van der Waals surface area contributed by atoms with Crippen LogP contribution in [0.5, 0.6) is 0 Å². The van der Waals surface area contributed by atoms with E-state index in [1.807, 2.05) is 48.5 Å². The van der Waals surface area contributed by atoms with Crippen molar-refractivity contribution in [2.24, 2.45) is 16.8 Å². The highest BCUT2D eigenvalue weighted by Gasteiger charge is 2.48. The van der Waals surface area contributed by atoms with Crippen LogP contribution in [-0.2, 0) is 36.8 Å². The summed E-state index contributed by atoms with van der Waals surface area (Å²) >= 11 is 0. The molecule has 1 fully saturated rings. The number of amides is 1. The van der Waals surface area contributed by atoms with E-state index in [0.29, 0.717) is 31.2 Å². The zero-order valence-electron chi connectivity index (χ0n) is 27.5. The average molecular weight is 672 g/mol. The van der Waals surface area contributed by atoms with Crippen LogP contribution >= 0.6 is 0 Å². The smallest absolute Gasteiger partial charge is 0.317 e. The van der Waals surface area contributed by atoms with Crippen molar-refractivity contribution >= 4 is 35.3 Å². The molecular weight excluding hydrogens is 629 g/mol. The number of carbonyl (C=O) groups excluding carboxylic acids is 2. The average Bonchev–Trinajstić information content (AvgIpc) is 3.09. The van der Waals surface area contributed by atoms with Crippen molar-refractivity contribution in [3.05, 3.63) is 101 Å². The van der Waals surface area contributed by atoms with Gasteiger partial charge in [0.25, 0.3) is 0 Å². The number of benzene rings is 3. The molecule has 0 saturated carbocycles. The van der Waals surface area contributed by atoms with Crippen LogP contribution in [0.4, 0.5) is 10.1 Å². The monoisotopic (exact) mass is 671 g/mol. The lowest BCUT2D eigenvalue weighted by Crippen LogP contribution is -2.55. The van der Waals surface area contributed by atoms with Crippen LogP contribution in [0, 0.1) is 17.7 Å². The van der Waals surface area contributed by atoms with Gasteiger partial charge in [0, 0.05) is 32.1 Å². The molecule has 0 unspecified atom stereocenters. The van der Waals surface area contributed by atoms with E-state index in [1.165, 1.54) is 19.1 Å². The summed E-state index contributed by atoms with van der Waals surface area (Å²) in [5.41, 5.74) is 4.41. The van der Waals surface area contributed by atoms with Crippen molar-refractivity contribution in [3.63, 3.8) is 0 Å². The van der Waals surface area contributed by atoms with Gasteiger partial charge >= 0.3 is 17.9 Å². The first-order valence-electron chi connectivity index (χ1n) is 16.8. The zero-order valence-corrected chi connectivity index (χ0v) is 27.5. The van der Waals surface area contributed by atoms with Gasteiger partial charge in [-0.15, -0.1) is 0 Å². The normalized spacial score (nSPS) is 17.9. The number of aliphatic imine (C=N–C) groups is 1. The third kappa shape index (κ3) is 9.10. The van der Waals surface area contributed by atoms with Crippen LogP contribution in [-0.4, -0.2) is 53.0 Å². The van der Waals surface area contributed by atoms with Gasteiger partial charge in [0.05, 0.1) is 17.8 Å². The molecule has 258 valence electrons. The van der Waals surface area contributed by atoms with E-state index in [4.69, 9.17) is 14.9 Å². The van der Waals surface area contributed by atoms with E-state index in [2.05, 4.69) is 10.3 Å². The number of carbonyl (C=O) groups is 4. The molecule has 49 heavy (non-hydrogen) atoms. The van der Waals surface area contributed by atoms with Gasteiger partial charge in [-0.25, -0.2) is 4.39 Å². The van der Waals surface area contributed by atoms with Gasteiger partial charge in [-0.2, -0.15) is 0 Å². The first kappa shape index (κ1) is 35.3. The number of amidine groups is 1. The van der Waals surface area contributed by atoms with Gasteiger partial charge in [-0.05, 0) is 91.5 Å². The molecule has 3 aromatic rings. The number of nitrogens with one attached hydrogen (secondary N) is 1. The third-order valence-corrected chi connectivity index (χ3v) is 9.21. The molecule has 10 nitrogen and oxygen atoms in total. The number of halogens is 1. The zero-order chi connectivity index (χ0) is 34.9. The van der Waals surface area contributed by atoms with E-state index >= 15 is 0 Å². The first-order chi connectivity index (χ1) is 23.6. The highest BCUT2D eigenvalue weighted by molar-refractivity contribution is 6.03. The SMILES string of the molecule is CC(=O)O[C@@H](CC[C@H]1C(=O)N(c2ccc(CCC3=NCCCN3)cc2)[C@@H]1c1ccc(CCCC(C(=O)O)C(=O)O)cc1)c1ccc(F)cc1. The summed E-state index contributed by atoms with van der Waals surface area (Å²) in [6.07, 6.45) is 3.80. The standard InChI is InChI=1S/C38H42FN3O7/c1-24(43)49-33(27-13-15-29(39)16-14-27)20-19-31-35(28-11-6-25(7-12-28)4-2-5-32(37(45)46)38(47)48)42(36(31)44)30-17-8-26(9-18-30)10-21-34-40-22-3-23-41-34/h6-9,11-18,31-33,35H,2-5,10,19-23H2,1H3,(H,40,41)(H,45,46)(H,47,48)/t31-,33+,35-/m1/s1. The van der Waals surface area contributed by atoms with Crippen molar-refractivity contribution in [1.29, 1.82) is 0 Å². The fourth-order valence-electron chi connectivity index (χ4n) is 6.58. The molecule has 0 aliphatic carbocycles. The van der Waals surface area contributed by atoms with Gasteiger partial charge in [0.1, 0.15) is 11.9 Å². The van der Waals surface area contributed by atoms with Crippen LogP contribution in [0.25, 0.3) is 0 Å². The second-order valence-corrected chi connectivity index (χ2v) is 12.6. The van der Waals surface area contributed by atoms with Gasteiger partial charge < -0.3 is 25.2 Å². The molecule has 0 bridgehead atoms. The Kier molecular flexibility index (Phi) is 11.8. The molecule has 3 atom stereocenters. The minimum absolute atomic E-state index is 0.0254. The number of carboxylic acid groups (broad SMARTS) is 2. The number of ether oxygens (including phenoxy) is 1. The molecule has 5 rings (SSSR count). The van der Waals surface area contributed by atoms with Gasteiger partial charge in [-0.1, -0.05) is 48.5 Å². The quantitative estimate of drug-likeness (QED) is 0.0949. The number of nitrogens with zero attached hydrogens (tertiary/aromatic N) is 2. The largest absolute Gasteiger partial charge is 0.481 e. The Morgan fingerprint density at radius 1 is 0.918 bits per heavy atom. The lowest BCUT2D eigenvalue weighted by molar-refractivity contribution is -0.155. The molecule has 1 amide bonds. The van der Waals surface area contributed by atoms with Crippen LogP contribution in [0.15, 0.2) is 77.8 Å². The second kappa shape index (κ2) is 16.4. The lowest BCUT2D eigenvalue weighted by Gasteiger charge is -2.48. The maximum absolute atomic E-state index is 13.8. The van der Waals surface area contributed by atoms with Crippen molar-refractivity contribution < 1.29 is 38.5 Å². The fraction of sp³-hybridized carbons (Fsp3) is 0.395. The molecular formula is C38H42FN3O7. The molecule has 0 aromatic heterocycles. The summed E-state index contributed by atoms with van der Waals surface area (Å²) < 4.78 is 19.2. The lowest BCUT2D eigenvalue weighted by atomic mass is 9.78. The Balaban J connectivity index is 1.32. The Morgan fingerprint density at radius 3 is 2.18 bits per heavy atom. The number of carboxylic acids is 2. The predicted molar refractivity (Wildman–Crippen MR) is 182 cm³/mol. The van der Waals surface area contributed by atoms with Crippen molar-refractivity contribution in [1.82, 2.24) is 5.32 Å². The Hall–Kier alpha value is -5.06. The summed E-state index contributed by atoms with van der Waals surface area (Å²) in [7, 11) is 0. The number of aryl methyl sites for hydroxylation is 2. The molecule has 0 spiro atoms. The van der Waals surface area contributed by atoms with Crippen LogP contribution < -0.4 is 10.2 Å². The van der Waals surface area contributed by atoms with E-state index in [9.17, 15) is 23.6 Å². The van der Waals surface area contributed by atoms with Crippen LogP contribution in [0.1, 0.15) is 79.8 Å². The van der Waals surface area contributed by atoms with E-state index < -0.39 is 41.7 Å². The molecule has 2 heterocycles. The Morgan fingerprint density at radius 2 is 1.57 bits per heavy atom. The second-order valence-electron chi connectivity index (χ2n) is 12.6. The summed E-state index contributed by atoms with van der Waals surface area (Å²) in [6.45, 7) is 3.12. The number of anilines is 1. The number of aliphatic carboxylic acids is 2. The molecule has 0 radical (unpaired) electrons. The maximum atomic E-state index is 13.8. The van der Waals surface area contributed by atoms with Gasteiger partial charge in [-0.3, -0.25) is 24.2 Å². The maximum Gasteiger partial charge on any atom is 0.317 e. The van der Waals surface area contributed by atoms with Crippen molar-refractivity contribution in [3.8, 4) is 0 Å². The fourth-order valence-corrected chi connectivity index (χ4v) is 6.58. The van der Waals surface area contributed by atoms with E-state index in [1.54, 1.807) is 17.0 Å². The number of esters is 1. The number of hydrogen-bond acceptors (Lipinski definition) is 7. The summed E-state index contributed by atoms with van der Waals surface area (Å²) in [6, 6.07) is 21.3. The van der Waals surface area contributed by atoms with Gasteiger partial charge in [0.15, 0.2) is 5.92 Å². The van der Waals surface area contributed by atoms with Crippen molar-refractivity contribution in [2.45, 2.75) is 70.4 Å². The van der Waals surface area contributed by atoms with Crippen LogP contribution in [0.3, 0.4) is 0 Å². The highest BCUT2D eigenvalue weighted by atomic mass is 19.1. The molecule has 1 saturated heterocycles. The summed E-state index contributed by atoms with van der Waals surface area (Å²) in [5, 5.41) is 21.7. The molecule has 11 heteroatoms. The first-order valence-corrected chi connectivity index (χ1v) is 16.8. The number of hydrogen-bond donors (Lipinski definition) is 3. The highest BCUT2D eigenvalue weighted by Crippen LogP contribution is 2.46. The number of rotatable bonds is 16. The van der Waals surface area contributed by atoms with Crippen molar-refractivity contribution in [2.75, 3.05) is 18.0 Å². The summed E-state index contributed by atoms with van der Waals surface area (Å²) in [5.74, 6) is -4.41. The third-order valence-electron chi connectivity index (χ3n) is 9.21. The van der Waals surface area contributed by atoms with E-state index in [-0.39, 0.29) is 18.4 Å². The predicted octanol–water partition coefficient (Wildman–Crippen LogP) is 6.05. The Bertz CT molecular complexity index is 1640.